The molecule has 0 aliphatic heterocycles. The number of carbonyl (C=O) groups is 1. The van der Waals surface area contributed by atoms with Crippen molar-refractivity contribution < 1.29 is 14.3 Å². The number of carboxylic acid groups (broad SMARTS) is 1. The van der Waals surface area contributed by atoms with Gasteiger partial charge in [-0.15, -0.1) is 0 Å². The van der Waals surface area contributed by atoms with E-state index in [1.54, 1.807) is 30.7 Å². The Kier molecular flexibility index (Phi) is 2.07. The molecule has 0 bridgehead atoms. The summed E-state index contributed by atoms with van der Waals surface area (Å²) in [4.78, 5) is 14.7. The molecule has 0 aliphatic carbocycles. The minimum atomic E-state index is -1.06. The van der Waals surface area contributed by atoms with Gasteiger partial charge in [0, 0.05) is 7.05 Å². The molecule has 0 radical (unpaired) electrons. The smallest absolute Gasteiger partial charge is 0.356 e. The number of imidazole rings is 1. The molecule has 2 heterocycles. The van der Waals surface area contributed by atoms with Crippen LogP contribution < -0.4 is 0 Å². The van der Waals surface area contributed by atoms with Crippen LogP contribution in [0.1, 0.15) is 16.2 Å². The summed E-state index contributed by atoms with van der Waals surface area (Å²) in [6, 6.07) is 3.52. The zero-order chi connectivity index (χ0) is 11.0. The number of carboxylic acids is 1. The van der Waals surface area contributed by atoms with E-state index in [1.807, 2.05) is 0 Å². The van der Waals surface area contributed by atoms with Gasteiger partial charge in [-0.3, -0.25) is 0 Å². The van der Waals surface area contributed by atoms with Crippen molar-refractivity contribution in [3.8, 4) is 11.5 Å². The summed E-state index contributed by atoms with van der Waals surface area (Å²) in [6.07, 6.45) is 1.46. The average Bonchev–Trinajstić information content (AvgIpc) is 2.71. The molecule has 2 aromatic rings. The molecule has 0 aliphatic rings. The van der Waals surface area contributed by atoms with Crippen molar-refractivity contribution in [2.45, 2.75) is 6.92 Å². The highest BCUT2D eigenvalue weighted by atomic mass is 16.4. The van der Waals surface area contributed by atoms with Gasteiger partial charge in [-0.25, -0.2) is 9.78 Å². The monoisotopic (exact) mass is 206 g/mol. The normalized spacial score (nSPS) is 10.5. The van der Waals surface area contributed by atoms with Gasteiger partial charge in [-0.05, 0) is 19.1 Å². The van der Waals surface area contributed by atoms with Crippen LogP contribution in [0.15, 0.2) is 22.9 Å². The second-order valence-corrected chi connectivity index (χ2v) is 3.27. The van der Waals surface area contributed by atoms with Gasteiger partial charge in [0.15, 0.2) is 11.5 Å². The fraction of sp³-hybridized carbons (Fsp3) is 0.200. The van der Waals surface area contributed by atoms with Crippen molar-refractivity contribution in [1.29, 1.82) is 0 Å². The first-order chi connectivity index (χ1) is 7.09. The third kappa shape index (κ3) is 1.52. The van der Waals surface area contributed by atoms with Crippen molar-refractivity contribution in [2.75, 3.05) is 0 Å². The van der Waals surface area contributed by atoms with Crippen LogP contribution >= 0.6 is 0 Å². The molecule has 0 saturated heterocycles. The third-order valence-electron chi connectivity index (χ3n) is 2.11. The Morgan fingerprint density at radius 1 is 1.53 bits per heavy atom. The highest BCUT2D eigenvalue weighted by Gasteiger charge is 2.19. The number of aryl methyl sites for hydroxylation is 2. The molecule has 5 nitrogen and oxygen atoms in total. The lowest BCUT2D eigenvalue weighted by Crippen LogP contribution is -2.00. The average molecular weight is 206 g/mol. The van der Waals surface area contributed by atoms with E-state index in [9.17, 15) is 4.79 Å². The molecule has 15 heavy (non-hydrogen) atoms. The molecule has 0 atom stereocenters. The minimum Gasteiger partial charge on any atom is -0.476 e. The predicted molar refractivity (Wildman–Crippen MR) is 52.6 cm³/mol. The van der Waals surface area contributed by atoms with Gasteiger partial charge in [-0.2, -0.15) is 0 Å². The van der Waals surface area contributed by atoms with E-state index >= 15 is 0 Å². The lowest BCUT2D eigenvalue weighted by atomic mass is 10.2. The third-order valence-corrected chi connectivity index (χ3v) is 2.11. The van der Waals surface area contributed by atoms with Gasteiger partial charge in [-0.1, -0.05) is 0 Å². The van der Waals surface area contributed by atoms with E-state index in [1.165, 1.54) is 6.33 Å². The van der Waals surface area contributed by atoms with Crippen molar-refractivity contribution >= 4 is 5.97 Å². The quantitative estimate of drug-likeness (QED) is 0.811. The SMILES string of the molecule is Cc1ccc(-c2c(C(=O)O)ncn2C)o1. The summed E-state index contributed by atoms with van der Waals surface area (Å²) in [5.74, 6) is 0.201. The Morgan fingerprint density at radius 2 is 2.27 bits per heavy atom. The molecule has 0 fully saturated rings. The lowest BCUT2D eigenvalue weighted by molar-refractivity contribution is 0.0691. The minimum absolute atomic E-state index is 0.00634. The maximum Gasteiger partial charge on any atom is 0.356 e. The maximum absolute atomic E-state index is 10.9. The van der Waals surface area contributed by atoms with Gasteiger partial charge in [0.2, 0.25) is 0 Å². The number of hydrogen-bond donors (Lipinski definition) is 1. The molecule has 0 amide bonds. The summed E-state index contributed by atoms with van der Waals surface area (Å²) < 4.78 is 7.00. The Balaban J connectivity index is 2.60. The molecule has 2 aromatic heterocycles. The van der Waals surface area contributed by atoms with Crippen LogP contribution in [-0.2, 0) is 7.05 Å². The van der Waals surface area contributed by atoms with E-state index < -0.39 is 5.97 Å². The predicted octanol–water partition coefficient (Wildman–Crippen LogP) is 1.69. The van der Waals surface area contributed by atoms with Crippen molar-refractivity contribution in [3.05, 3.63) is 29.9 Å². The standard InChI is InChI=1S/C10H10N2O3/c1-6-3-4-7(15-6)9-8(10(13)14)11-5-12(9)2/h3-5H,1-2H3,(H,13,14). The number of aromatic carboxylic acids is 1. The van der Waals surface area contributed by atoms with Crippen LogP contribution in [0.4, 0.5) is 0 Å². The molecular weight excluding hydrogens is 196 g/mol. The van der Waals surface area contributed by atoms with Crippen molar-refractivity contribution in [2.24, 2.45) is 7.05 Å². The van der Waals surface area contributed by atoms with Gasteiger partial charge in [0.1, 0.15) is 11.5 Å². The number of nitrogens with zero attached hydrogens (tertiary/aromatic N) is 2. The molecule has 5 heteroatoms. The van der Waals surface area contributed by atoms with Gasteiger partial charge in [0.25, 0.3) is 0 Å². The fourth-order valence-electron chi connectivity index (χ4n) is 1.44. The van der Waals surface area contributed by atoms with Crippen LogP contribution in [0.25, 0.3) is 11.5 Å². The van der Waals surface area contributed by atoms with Crippen molar-refractivity contribution in [3.63, 3.8) is 0 Å². The van der Waals surface area contributed by atoms with E-state index in [4.69, 9.17) is 9.52 Å². The summed E-state index contributed by atoms with van der Waals surface area (Å²) in [5, 5.41) is 8.93. The van der Waals surface area contributed by atoms with Crippen LogP contribution in [0.2, 0.25) is 0 Å². The second kappa shape index (κ2) is 3.27. The zero-order valence-corrected chi connectivity index (χ0v) is 8.39. The zero-order valence-electron chi connectivity index (χ0n) is 8.39. The van der Waals surface area contributed by atoms with E-state index in [2.05, 4.69) is 4.98 Å². The topological polar surface area (TPSA) is 68.3 Å². The summed E-state index contributed by atoms with van der Waals surface area (Å²) in [6.45, 7) is 1.81. The van der Waals surface area contributed by atoms with Crippen LogP contribution in [0, 0.1) is 6.92 Å². The molecule has 2 rings (SSSR count). The number of aromatic nitrogens is 2. The first-order valence-corrected chi connectivity index (χ1v) is 4.41. The van der Waals surface area contributed by atoms with Crippen molar-refractivity contribution in [1.82, 2.24) is 9.55 Å². The molecule has 0 unspecified atom stereocenters. The highest BCUT2D eigenvalue weighted by molar-refractivity contribution is 5.92. The number of furan rings is 1. The fourth-order valence-corrected chi connectivity index (χ4v) is 1.44. The Morgan fingerprint density at radius 3 is 2.80 bits per heavy atom. The first kappa shape index (κ1) is 9.51. The molecular formula is C10H10N2O3. The molecule has 0 spiro atoms. The lowest BCUT2D eigenvalue weighted by Gasteiger charge is -1.99. The second-order valence-electron chi connectivity index (χ2n) is 3.27. The molecule has 78 valence electrons. The summed E-state index contributed by atoms with van der Waals surface area (Å²) >= 11 is 0. The van der Waals surface area contributed by atoms with E-state index in [-0.39, 0.29) is 5.69 Å². The number of rotatable bonds is 2. The largest absolute Gasteiger partial charge is 0.476 e. The van der Waals surface area contributed by atoms with Gasteiger partial charge >= 0.3 is 5.97 Å². The molecule has 1 N–H and O–H groups in total. The van der Waals surface area contributed by atoms with E-state index in [0.717, 1.165) is 5.76 Å². The highest BCUT2D eigenvalue weighted by Crippen LogP contribution is 2.24. The summed E-state index contributed by atoms with van der Waals surface area (Å²) in [7, 11) is 1.73. The van der Waals surface area contributed by atoms with Crippen LogP contribution in [0.3, 0.4) is 0 Å². The Hall–Kier alpha value is -2.04. The summed E-state index contributed by atoms with van der Waals surface area (Å²) in [5.41, 5.74) is 0.488. The number of hydrogen-bond acceptors (Lipinski definition) is 3. The molecule has 0 aromatic carbocycles. The van der Waals surface area contributed by atoms with E-state index in [0.29, 0.717) is 11.5 Å². The van der Waals surface area contributed by atoms with Gasteiger partial charge < -0.3 is 14.1 Å². The molecule has 0 saturated carbocycles. The Labute approximate surface area is 86.0 Å². The maximum atomic E-state index is 10.9. The van der Waals surface area contributed by atoms with Crippen LogP contribution in [-0.4, -0.2) is 20.6 Å². The Bertz CT molecular complexity index is 510. The first-order valence-electron chi connectivity index (χ1n) is 4.41. The van der Waals surface area contributed by atoms with Crippen LogP contribution in [0.5, 0.6) is 0 Å². The van der Waals surface area contributed by atoms with Gasteiger partial charge in [0.05, 0.1) is 6.33 Å².